The van der Waals surface area contributed by atoms with Gasteiger partial charge < -0.3 is 14.4 Å². The Morgan fingerprint density at radius 1 is 1.24 bits per heavy atom. The molecule has 1 amide bonds. The van der Waals surface area contributed by atoms with Crippen molar-refractivity contribution in [3.63, 3.8) is 0 Å². The van der Waals surface area contributed by atoms with Crippen molar-refractivity contribution >= 4 is 27.3 Å². The number of carbonyl (C=O) groups excluding carboxylic acids is 1. The lowest BCUT2D eigenvalue weighted by atomic mass is 10.1. The van der Waals surface area contributed by atoms with Crippen molar-refractivity contribution in [3.8, 4) is 5.75 Å². The van der Waals surface area contributed by atoms with Gasteiger partial charge in [-0.15, -0.1) is 0 Å². The predicted octanol–water partition coefficient (Wildman–Crippen LogP) is 2.87. The molecule has 1 fully saturated rings. The first-order valence-electron chi connectivity index (χ1n) is 9.62. The molecule has 1 atom stereocenters. The van der Waals surface area contributed by atoms with Gasteiger partial charge in [-0.1, -0.05) is 6.07 Å². The molecule has 0 bridgehead atoms. The smallest absolute Gasteiger partial charge is 0.265 e. The fourth-order valence-corrected chi connectivity index (χ4v) is 5.15. The number of amides is 1. The summed E-state index contributed by atoms with van der Waals surface area (Å²) >= 11 is 0. The van der Waals surface area contributed by atoms with E-state index in [2.05, 4.69) is 4.72 Å². The van der Waals surface area contributed by atoms with Crippen LogP contribution in [0.2, 0.25) is 0 Å². The number of carbonyl (C=O) groups is 1. The molecule has 2 aliphatic rings. The molecule has 154 valence electrons. The van der Waals surface area contributed by atoms with Gasteiger partial charge in [-0.25, -0.2) is 8.42 Å². The van der Waals surface area contributed by atoms with E-state index in [1.54, 1.807) is 41.3 Å². The number of hydrogen-bond donors (Lipinski definition) is 1. The van der Waals surface area contributed by atoms with Crippen molar-refractivity contribution < 1.29 is 22.7 Å². The highest BCUT2D eigenvalue weighted by molar-refractivity contribution is 7.92. The van der Waals surface area contributed by atoms with Crippen LogP contribution in [0, 0.1) is 6.92 Å². The lowest BCUT2D eigenvalue weighted by Gasteiger charge is -2.21. The number of rotatable bonds is 5. The molecule has 2 heterocycles. The predicted molar refractivity (Wildman–Crippen MR) is 110 cm³/mol. The van der Waals surface area contributed by atoms with E-state index >= 15 is 0 Å². The zero-order valence-corrected chi connectivity index (χ0v) is 17.3. The van der Waals surface area contributed by atoms with Crippen molar-refractivity contribution in [1.82, 2.24) is 0 Å². The number of sulfonamides is 1. The van der Waals surface area contributed by atoms with Crippen LogP contribution in [0.15, 0.2) is 41.3 Å². The van der Waals surface area contributed by atoms with E-state index in [1.807, 2.05) is 6.92 Å². The SMILES string of the molecule is COc1ccc(C)cc1S(=O)(=O)Nc1ccc2c(c1)CCN2C(=O)C1CCCO1. The number of fused-ring (bicyclic) bond motifs is 1. The van der Waals surface area contributed by atoms with Crippen molar-refractivity contribution in [2.75, 3.05) is 29.9 Å². The molecule has 0 spiro atoms. The van der Waals surface area contributed by atoms with Gasteiger partial charge in [0.25, 0.3) is 15.9 Å². The Hall–Kier alpha value is -2.58. The van der Waals surface area contributed by atoms with Gasteiger partial charge in [-0.3, -0.25) is 9.52 Å². The molecule has 0 saturated carbocycles. The molecule has 1 unspecified atom stereocenters. The Bertz CT molecular complexity index is 1050. The van der Waals surface area contributed by atoms with E-state index in [-0.39, 0.29) is 22.7 Å². The van der Waals surface area contributed by atoms with Gasteiger partial charge in [0.05, 0.1) is 7.11 Å². The second kappa shape index (κ2) is 7.68. The van der Waals surface area contributed by atoms with Gasteiger partial charge in [-0.05, 0) is 67.6 Å². The molecule has 0 aliphatic carbocycles. The van der Waals surface area contributed by atoms with Crippen LogP contribution in [0.5, 0.6) is 5.75 Å². The molecular weight excluding hydrogens is 392 g/mol. The van der Waals surface area contributed by atoms with E-state index in [1.165, 1.54) is 7.11 Å². The summed E-state index contributed by atoms with van der Waals surface area (Å²) < 4.78 is 39.2. The van der Waals surface area contributed by atoms with E-state index in [9.17, 15) is 13.2 Å². The van der Waals surface area contributed by atoms with E-state index in [0.717, 1.165) is 29.7 Å². The van der Waals surface area contributed by atoms with Crippen LogP contribution in [0.1, 0.15) is 24.0 Å². The van der Waals surface area contributed by atoms with Gasteiger partial charge in [0.2, 0.25) is 0 Å². The molecule has 1 saturated heterocycles. The number of nitrogens with one attached hydrogen (secondary N) is 1. The number of ether oxygens (including phenoxy) is 2. The zero-order chi connectivity index (χ0) is 20.6. The second-order valence-electron chi connectivity index (χ2n) is 7.34. The maximum absolute atomic E-state index is 12.9. The molecule has 8 heteroatoms. The summed E-state index contributed by atoms with van der Waals surface area (Å²) in [4.78, 5) is 14.5. The van der Waals surface area contributed by atoms with Crippen LogP contribution >= 0.6 is 0 Å². The molecule has 2 aromatic rings. The molecule has 2 aromatic carbocycles. The van der Waals surface area contributed by atoms with Crippen molar-refractivity contribution in [1.29, 1.82) is 0 Å². The summed E-state index contributed by atoms with van der Waals surface area (Å²) in [6.45, 7) is 3.03. The van der Waals surface area contributed by atoms with Gasteiger partial charge >= 0.3 is 0 Å². The number of hydrogen-bond acceptors (Lipinski definition) is 5. The number of aryl methyl sites for hydroxylation is 1. The number of benzene rings is 2. The molecular formula is C21H24N2O5S. The minimum absolute atomic E-state index is 0.0147. The topological polar surface area (TPSA) is 84.9 Å². The summed E-state index contributed by atoms with van der Waals surface area (Å²) in [6.07, 6.45) is 1.96. The quantitative estimate of drug-likeness (QED) is 0.810. The van der Waals surface area contributed by atoms with Gasteiger partial charge in [0.15, 0.2) is 0 Å². The minimum atomic E-state index is -3.81. The van der Waals surface area contributed by atoms with E-state index in [4.69, 9.17) is 9.47 Å². The minimum Gasteiger partial charge on any atom is -0.495 e. The lowest BCUT2D eigenvalue weighted by molar-refractivity contribution is -0.127. The van der Waals surface area contributed by atoms with Crippen LogP contribution in [0.25, 0.3) is 0 Å². The fraction of sp³-hybridized carbons (Fsp3) is 0.381. The normalized spacial score (nSPS) is 18.6. The third-order valence-corrected chi connectivity index (χ3v) is 6.71. The number of nitrogens with zero attached hydrogens (tertiary/aromatic N) is 1. The summed E-state index contributed by atoms with van der Waals surface area (Å²) in [5, 5.41) is 0. The van der Waals surface area contributed by atoms with Crippen LogP contribution < -0.4 is 14.4 Å². The van der Waals surface area contributed by atoms with Crippen molar-refractivity contribution in [2.24, 2.45) is 0 Å². The maximum Gasteiger partial charge on any atom is 0.265 e. The van der Waals surface area contributed by atoms with Crippen LogP contribution in [-0.2, 0) is 26.0 Å². The summed E-state index contributed by atoms with van der Waals surface area (Å²) in [7, 11) is -2.37. The molecule has 4 rings (SSSR count). The first-order valence-corrected chi connectivity index (χ1v) is 11.1. The summed E-state index contributed by atoms with van der Waals surface area (Å²) in [6, 6.07) is 10.3. The highest BCUT2D eigenvalue weighted by atomic mass is 32.2. The summed E-state index contributed by atoms with van der Waals surface area (Å²) in [5.74, 6) is 0.275. The first kappa shape index (κ1) is 19.7. The van der Waals surface area contributed by atoms with Gasteiger partial charge in [0.1, 0.15) is 16.7 Å². The second-order valence-corrected chi connectivity index (χ2v) is 9.00. The summed E-state index contributed by atoms with van der Waals surface area (Å²) in [5.41, 5.74) is 3.04. The molecule has 29 heavy (non-hydrogen) atoms. The molecule has 2 aliphatic heterocycles. The Labute approximate surface area is 170 Å². The average molecular weight is 416 g/mol. The Balaban J connectivity index is 1.57. The average Bonchev–Trinajstić information content (AvgIpc) is 3.37. The van der Waals surface area contributed by atoms with Gasteiger partial charge in [0, 0.05) is 24.5 Å². The Kier molecular flexibility index (Phi) is 5.23. The van der Waals surface area contributed by atoms with Gasteiger partial charge in [-0.2, -0.15) is 0 Å². The third kappa shape index (κ3) is 3.82. The monoisotopic (exact) mass is 416 g/mol. The Morgan fingerprint density at radius 3 is 2.79 bits per heavy atom. The van der Waals surface area contributed by atoms with Crippen LogP contribution in [0.4, 0.5) is 11.4 Å². The maximum atomic E-state index is 12.9. The van der Waals surface area contributed by atoms with Crippen molar-refractivity contribution in [3.05, 3.63) is 47.5 Å². The fourth-order valence-electron chi connectivity index (χ4n) is 3.84. The zero-order valence-electron chi connectivity index (χ0n) is 16.5. The lowest BCUT2D eigenvalue weighted by Crippen LogP contribution is -2.37. The molecule has 0 radical (unpaired) electrons. The standard InChI is InChI=1S/C21H24N2O5S/c1-14-5-8-18(27-2)20(12-14)29(25,26)22-16-6-7-17-15(13-16)9-10-23(17)21(24)19-4-3-11-28-19/h5-8,12-13,19,22H,3-4,9-11H2,1-2H3. The number of methoxy groups -OCH3 is 1. The van der Waals surface area contributed by atoms with Crippen LogP contribution in [-0.4, -0.2) is 40.7 Å². The largest absolute Gasteiger partial charge is 0.495 e. The number of anilines is 2. The third-order valence-electron chi connectivity index (χ3n) is 5.31. The molecule has 7 nitrogen and oxygen atoms in total. The molecule has 0 aromatic heterocycles. The highest BCUT2D eigenvalue weighted by Crippen LogP contribution is 2.33. The van der Waals surface area contributed by atoms with Crippen molar-refractivity contribution in [2.45, 2.75) is 37.2 Å². The Morgan fingerprint density at radius 2 is 2.07 bits per heavy atom. The highest BCUT2D eigenvalue weighted by Gasteiger charge is 2.33. The van der Waals surface area contributed by atoms with E-state index < -0.39 is 10.0 Å². The molecule has 1 N–H and O–H groups in total. The first-order chi connectivity index (χ1) is 13.9. The van der Waals surface area contributed by atoms with E-state index in [0.29, 0.717) is 25.3 Å². The van der Waals surface area contributed by atoms with Crippen LogP contribution in [0.3, 0.4) is 0 Å².